The highest BCUT2D eigenvalue weighted by atomic mass is 16.7. The van der Waals surface area contributed by atoms with Crippen LogP contribution >= 0.6 is 0 Å². The van der Waals surface area contributed by atoms with Crippen molar-refractivity contribution in [1.29, 1.82) is 0 Å². The van der Waals surface area contributed by atoms with Gasteiger partial charge in [0.25, 0.3) is 5.91 Å². The smallest absolute Gasteiger partial charge is 0.443 e. The summed E-state index contributed by atoms with van der Waals surface area (Å²) in [6, 6.07) is 14.4. The number of carbonyl (C=O) groups is 3. The Morgan fingerprint density at radius 1 is 1.16 bits per heavy atom. The predicted octanol–water partition coefficient (Wildman–Crippen LogP) is 3.12. The van der Waals surface area contributed by atoms with Gasteiger partial charge in [0.1, 0.15) is 23.7 Å². The molecule has 0 spiro atoms. The van der Waals surface area contributed by atoms with Crippen molar-refractivity contribution in [2.24, 2.45) is 5.73 Å². The van der Waals surface area contributed by atoms with Gasteiger partial charge in [0.05, 0.1) is 24.9 Å². The Hall–Kier alpha value is -5.11. The molecule has 0 unspecified atom stereocenters. The van der Waals surface area contributed by atoms with E-state index in [9.17, 15) is 14.4 Å². The number of rotatable bonds is 15. The van der Waals surface area contributed by atoms with Crippen molar-refractivity contribution in [3.63, 3.8) is 0 Å². The average Bonchev–Trinajstić information content (AvgIpc) is 3.56. The molecule has 4 N–H and O–H groups in total. The van der Waals surface area contributed by atoms with E-state index in [1.165, 1.54) is 7.11 Å². The molecule has 0 radical (unpaired) electrons. The molecule has 2 aromatic carbocycles. The molecule has 4 aromatic rings. The number of methoxy groups -OCH3 is 1. The van der Waals surface area contributed by atoms with Crippen LogP contribution in [-0.4, -0.2) is 69.6 Å². The van der Waals surface area contributed by atoms with E-state index >= 15 is 0 Å². The molecule has 0 aliphatic carbocycles. The zero-order chi connectivity index (χ0) is 30.8. The second-order valence-corrected chi connectivity index (χ2v) is 9.49. The molecule has 2 amide bonds. The topological polar surface area (TPSA) is 168 Å². The molecule has 0 bridgehead atoms. The van der Waals surface area contributed by atoms with Gasteiger partial charge in [-0.3, -0.25) is 9.59 Å². The third-order valence-corrected chi connectivity index (χ3v) is 6.48. The number of fused-ring (bicyclic) bond motifs is 1. The second-order valence-electron chi connectivity index (χ2n) is 9.49. The summed E-state index contributed by atoms with van der Waals surface area (Å²) in [7, 11) is 1.51. The number of aromatic nitrogens is 4. The number of aryl methyl sites for hydroxylation is 3. The fourth-order valence-electron chi connectivity index (χ4n) is 4.52. The molecule has 2 heterocycles. The van der Waals surface area contributed by atoms with E-state index < -0.39 is 6.09 Å². The number of nitrogens with two attached hydrogens (primary N) is 1. The van der Waals surface area contributed by atoms with E-state index in [1.807, 2.05) is 59.5 Å². The standard InChI is InChI=1S/C29H36N8O6/c1-4-36-25(15-20(2)34-36)33-28-32-23-16-22(27(39)31-12-11-30)17-24(41-3)26(23)35(28)13-8-14-37(43-19-38)29(40)42-18-21-9-6-5-7-10-21/h5-7,9-10,15-17,19H,4,8,11-14,18,30H2,1-3H3,(H,31,39)(H,32,33). The minimum atomic E-state index is -0.794. The highest BCUT2D eigenvalue weighted by Crippen LogP contribution is 2.32. The van der Waals surface area contributed by atoms with Crippen LogP contribution in [0.5, 0.6) is 5.75 Å². The van der Waals surface area contributed by atoms with Crippen molar-refractivity contribution in [3.05, 3.63) is 65.4 Å². The third-order valence-electron chi connectivity index (χ3n) is 6.48. The molecule has 228 valence electrons. The van der Waals surface area contributed by atoms with Gasteiger partial charge < -0.3 is 35.2 Å². The van der Waals surface area contributed by atoms with E-state index in [0.29, 0.717) is 60.9 Å². The molecule has 14 heteroatoms. The fourth-order valence-corrected chi connectivity index (χ4v) is 4.52. The first-order chi connectivity index (χ1) is 20.9. The molecule has 2 aromatic heterocycles. The molecule has 4 rings (SSSR count). The quantitative estimate of drug-likeness (QED) is 0.138. The van der Waals surface area contributed by atoms with E-state index in [2.05, 4.69) is 15.7 Å². The number of nitrogens with one attached hydrogen (secondary N) is 2. The summed E-state index contributed by atoms with van der Waals surface area (Å²) in [5, 5.41) is 11.5. The monoisotopic (exact) mass is 592 g/mol. The van der Waals surface area contributed by atoms with Crippen LogP contribution in [0.4, 0.5) is 16.6 Å². The lowest BCUT2D eigenvalue weighted by molar-refractivity contribution is -0.165. The Morgan fingerprint density at radius 2 is 1.95 bits per heavy atom. The molecule has 0 aliphatic heterocycles. The Balaban J connectivity index is 1.61. The zero-order valence-corrected chi connectivity index (χ0v) is 24.4. The van der Waals surface area contributed by atoms with Gasteiger partial charge in [-0.15, -0.1) is 5.06 Å². The fraction of sp³-hybridized carbons (Fsp3) is 0.345. The van der Waals surface area contributed by atoms with Gasteiger partial charge in [-0.2, -0.15) is 5.10 Å². The zero-order valence-electron chi connectivity index (χ0n) is 24.4. The number of imidazole rings is 1. The second kappa shape index (κ2) is 14.7. The first-order valence-corrected chi connectivity index (χ1v) is 13.8. The lowest BCUT2D eigenvalue weighted by atomic mass is 10.1. The number of anilines is 2. The highest BCUT2D eigenvalue weighted by Gasteiger charge is 2.22. The maximum atomic E-state index is 12.7. The van der Waals surface area contributed by atoms with Crippen molar-refractivity contribution in [1.82, 2.24) is 29.7 Å². The number of ether oxygens (including phenoxy) is 2. The van der Waals surface area contributed by atoms with Crippen molar-refractivity contribution in [2.45, 2.75) is 40.0 Å². The molecule has 14 nitrogen and oxygen atoms in total. The molecule has 0 fully saturated rings. The summed E-state index contributed by atoms with van der Waals surface area (Å²) in [6.45, 7) is 5.73. The van der Waals surface area contributed by atoms with E-state index in [-0.39, 0.29) is 25.5 Å². The third kappa shape index (κ3) is 7.60. The predicted molar refractivity (Wildman–Crippen MR) is 159 cm³/mol. The van der Waals surface area contributed by atoms with Crippen LogP contribution in [0.15, 0.2) is 48.5 Å². The average molecular weight is 593 g/mol. The molecular weight excluding hydrogens is 556 g/mol. The summed E-state index contributed by atoms with van der Waals surface area (Å²) in [6.07, 6.45) is -0.444. The molecule has 0 saturated carbocycles. The van der Waals surface area contributed by atoms with Gasteiger partial charge in [0.2, 0.25) is 5.95 Å². The van der Waals surface area contributed by atoms with Gasteiger partial charge in [-0.1, -0.05) is 30.3 Å². The van der Waals surface area contributed by atoms with Crippen LogP contribution in [-0.2, 0) is 34.1 Å². The Morgan fingerprint density at radius 3 is 2.65 bits per heavy atom. The number of amides is 2. The van der Waals surface area contributed by atoms with Gasteiger partial charge in [0.15, 0.2) is 0 Å². The lowest BCUT2D eigenvalue weighted by Gasteiger charge is -2.19. The van der Waals surface area contributed by atoms with Crippen molar-refractivity contribution in [3.8, 4) is 5.75 Å². The van der Waals surface area contributed by atoms with E-state index in [1.54, 1.807) is 12.1 Å². The van der Waals surface area contributed by atoms with Crippen LogP contribution in [0.25, 0.3) is 11.0 Å². The van der Waals surface area contributed by atoms with E-state index in [4.69, 9.17) is 25.0 Å². The molecule has 0 aliphatic rings. The van der Waals surface area contributed by atoms with Gasteiger partial charge in [-0.25, -0.2) is 14.5 Å². The number of carbonyl (C=O) groups excluding carboxylic acids is 3. The van der Waals surface area contributed by atoms with E-state index in [0.717, 1.165) is 22.1 Å². The first kappa shape index (κ1) is 30.8. The normalized spacial score (nSPS) is 10.8. The molecule has 0 atom stereocenters. The van der Waals surface area contributed by atoms with Crippen LogP contribution in [0, 0.1) is 6.92 Å². The maximum Gasteiger partial charge on any atom is 0.443 e. The minimum absolute atomic E-state index is 0.0293. The SMILES string of the molecule is CCn1nc(C)cc1Nc1nc2cc(C(=O)NCCN)cc(OC)c2n1CCCN(OC=O)C(=O)OCc1ccccc1. The number of hydroxylamine groups is 2. The number of hydrogen-bond donors (Lipinski definition) is 3. The van der Waals surface area contributed by atoms with Gasteiger partial charge >= 0.3 is 12.6 Å². The first-order valence-electron chi connectivity index (χ1n) is 13.8. The molecule has 0 saturated heterocycles. The Kier molecular flexibility index (Phi) is 10.5. The molecule has 43 heavy (non-hydrogen) atoms. The largest absolute Gasteiger partial charge is 0.494 e. The summed E-state index contributed by atoms with van der Waals surface area (Å²) >= 11 is 0. The molecular formula is C29H36N8O6. The summed E-state index contributed by atoms with van der Waals surface area (Å²) in [5.74, 6) is 1.33. The number of benzene rings is 2. The van der Waals surface area contributed by atoms with Gasteiger partial charge in [-0.05, 0) is 38.0 Å². The highest BCUT2D eigenvalue weighted by molar-refractivity contribution is 5.99. The van der Waals surface area contributed by atoms with Gasteiger partial charge in [0, 0.05) is 37.8 Å². The van der Waals surface area contributed by atoms with Crippen molar-refractivity contribution in [2.75, 3.05) is 32.1 Å². The lowest BCUT2D eigenvalue weighted by Crippen LogP contribution is -2.33. The maximum absolute atomic E-state index is 12.7. The Labute approximate surface area is 248 Å². The van der Waals surface area contributed by atoms with Crippen LogP contribution < -0.4 is 21.1 Å². The summed E-state index contributed by atoms with van der Waals surface area (Å²) in [4.78, 5) is 46.3. The Bertz CT molecular complexity index is 1550. The van der Waals surface area contributed by atoms with Crippen molar-refractivity contribution < 1.29 is 28.7 Å². The summed E-state index contributed by atoms with van der Waals surface area (Å²) in [5.41, 5.74) is 8.69. The number of nitrogens with zero attached hydrogens (tertiary/aromatic N) is 5. The van der Waals surface area contributed by atoms with Crippen molar-refractivity contribution >= 4 is 41.3 Å². The summed E-state index contributed by atoms with van der Waals surface area (Å²) < 4.78 is 14.7. The van der Waals surface area contributed by atoms with Crippen LogP contribution in [0.2, 0.25) is 0 Å². The minimum Gasteiger partial charge on any atom is -0.494 e. The number of hydrogen-bond acceptors (Lipinski definition) is 10. The van der Waals surface area contributed by atoms with Crippen LogP contribution in [0.3, 0.4) is 0 Å². The van der Waals surface area contributed by atoms with Crippen LogP contribution in [0.1, 0.15) is 35.0 Å².